The lowest BCUT2D eigenvalue weighted by molar-refractivity contribution is 0.0491. The van der Waals surface area contributed by atoms with Gasteiger partial charge >= 0.3 is 0 Å². The van der Waals surface area contributed by atoms with Gasteiger partial charge in [-0.3, -0.25) is 4.90 Å². The summed E-state index contributed by atoms with van der Waals surface area (Å²) in [7, 11) is 0. The fourth-order valence-corrected chi connectivity index (χ4v) is 3.19. The van der Waals surface area contributed by atoms with E-state index in [0.717, 1.165) is 37.4 Å². The standard InChI is InChI=1S/C22H29NO2/c1-22(2,3)23-15-13-21(14-16-23)25-20-11-9-19(10-12-20)24-17-18-7-5-4-6-8-18/h4-12,21H,13-17H2,1-3H3. The molecule has 0 radical (unpaired) electrons. The third-order valence-electron chi connectivity index (χ3n) is 4.77. The monoisotopic (exact) mass is 339 g/mol. The van der Waals surface area contributed by atoms with Gasteiger partial charge in [-0.05, 0) is 63.4 Å². The first-order valence-corrected chi connectivity index (χ1v) is 9.19. The molecule has 3 nitrogen and oxygen atoms in total. The van der Waals surface area contributed by atoms with Crippen LogP contribution in [0.1, 0.15) is 39.2 Å². The van der Waals surface area contributed by atoms with E-state index in [-0.39, 0.29) is 5.54 Å². The Kier molecular flexibility index (Phi) is 5.64. The van der Waals surface area contributed by atoms with Crippen LogP contribution in [0.15, 0.2) is 54.6 Å². The van der Waals surface area contributed by atoms with Crippen molar-refractivity contribution >= 4 is 0 Å². The number of ether oxygens (including phenoxy) is 2. The Labute approximate surface area is 151 Å². The molecule has 25 heavy (non-hydrogen) atoms. The van der Waals surface area contributed by atoms with Gasteiger partial charge in [0.15, 0.2) is 0 Å². The van der Waals surface area contributed by atoms with Gasteiger partial charge in [0.1, 0.15) is 24.2 Å². The molecule has 0 aromatic heterocycles. The summed E-state index contributed by atoms with van der Waals surface area (Å²) in [4.78, 5) is 2.54. The molecular formula is C22H29NO2. The minimum Gasteiger partial charge on any atom is -0.490 e. The first-order valence-electron chi connectivity index (χ1n) is 9.19. The van der Waals surface area contributed by atoms with Crippen LogP contribution in [0, 0.1) is 0 Å². The summed E-state index contributed by atoms with van der Waals surface area (Å²) >= 11 is 0. The van der Waals surface area contributed by atoms with Crippen LogP contribution in [0.5, 0.6) is 11.5 Å². The maximum atomic E-state index is 6.15. The number of hydrogen-bond donors (Lipinski definition) is 0. The Morgan fingerprint density at radius 1 is 0.880 bits per heavy atom. The zero-order valence-corrected chi connectivity index (χ0v) is 15.6. The number of rotatable bonds is 5. The van der Waals surface area contributed by atoms with Gasteiger partial charge in [0, 0.05) is 18.6 Å². The van der Waals surface area contributed by atoms with Crippen LogP contribution in [0.3, 0.4) is 0 Å². The van der Waals surface area contributed by atoms with Crippen molar-refractivity contribution < 1.29 is 9.47 Å². The number of likely N-dealkylation sites (tertiary alicyclic amines) is 1. The highest BCUT2D eigenvalue weighted by molar-refractivity contribution is 5.31. The smallest absolute Gasteiger partial charge is 0.120 e. The fraction of sp³-hybridized carbons (Fsp3) is 0.455. The molecule has 0 spiro atoms. The normalized spacial score (nSPS) is 16.6. The van der Waals surface area contributed by atoms with Crippen molar-refractivity contribution in [3.63, 3.8) is 0 Å². The molecule has 3 heteroatoms. The van der Waals surface area contributed by atoms with E-state index in [9.17, 15) is 0 Å². The number of piperidine rings is 1. The number of benzene rings is 2. The molecular weight excluding hydrogens is 310 g/mol. The van der Waals surface area contributed by atoms with Crippen molar-refractivity contribution in [1.29, 1.82) is 0 Å². The van der Waals surface area contributed by atoms with Crippen LogP contribution < -0.4 is 9.47 Å². The van der Waals surface area contributed by atoms with E-state index in [4.69, 9.17) is 9.47 Å². The van der Waals surface area contributed by atoms with Crippen molar-refractivity contribution in [3.05, 3.63) is 60.2 Å². The molecule has 2 aromatic carbocycles. The molecule has 0 aliphatic carbocycles. The summed E-state index contributed by atoms with van der Waals surface area (Å²) in [5.41, 5.74) is 1.43. The van der Waals surface area contributed by atoms with Gasteiger partial charge in [0.25, 0.3) is 0 Å². The zero-order valence-electron chi connectivity index (χ0n) is 15.6. The van der Waals surface area contributed by atoms with Crippen LogP contribution in [-0.2, 0) is 6.61 Å². The maximum Gasteiger partial charge on any atom is 0.120 e. The first kappa shape index (κ1) is 17.8. The second-order valence-electron chi connectivity index (χ2n) is 7.72. The molecule has 1 fully saturated rings. The molecule has 0 atom stereocenters. The highest BCUT2D eigenvalue weighted by atomic mass is 16.5. The van der Waals surface area contributed by atoms with E-state index in [2.05, 4.69) is 37.8 Å². The van der Waals surface area contributed by atoms with Crippen molar-refractivity contribution in [2.75, 3.05) is 13.1 Å². The lowest BCUT2D eigenvalue weighted by Gasteiger charge is -2.40. The molecule has 0 unspecified atom stereocenters. The minimum absolute atomic E-state index is 0.253. The van der Waals surface area contributed by atoms with Crippen LogP contribution >= 0.6 is 0 Å². The SMILES string of the molecule is CC(C)(C)N1CCC(Oc2ccc(OCc3ccccc3)cc2)CC1. The largest absolute Gasteiger partial charge is 0.490 e. The van der Waals surface area contributed by atoms with E-state index in [1.807, 2.05) is 42.5 Å². The van der Waals surface area contributed by atoms with Gasteiger partial charge in [-0.1, -0.05) is 30.3 Å². The van der Waals surface area contributed by atoms with Crippen molar-refractivity contribution in [2.24, 2.45) is 0 Å². The molecule has 1 aliphatic heterocycles. The topological polar surface area (TPSA) is 21.7 Å². The molecule has 1 heterocycles. The third-order valence-corrected chi connectivity index (χ3v) is 4.77. The van der Waals surface area contributed by atoms with E-state index >= 15 is 0 Å². The van der Waals surface area contributed by atoms with Crippen LogP contribution in [-0.4, -0.2) is 29.6 Å². The molecule has 0 N–H and O–H groups in total. The van der Waals surface area contributed by atoms with Crippen molar-refractivity contribution in [3.8, 4) is 11.5 Å². The average Bonchev–Trinajstić information content (AvgIpc) is 2.62. The first-order chi connectivity index (χ1) is 12.0. The van der Waals surface area contributed by atoms with Gasteiger partial charge in [-0.2, -0.15) is 0 Å². The van der Waals surface area contributed by atoms with Gasteiger partial charge in [0.05, 0.1) is 0 Å². The molecule has 0 saturated carbocycles. The van der Waals surface area contributed by atoms with E-state index in [0.29, 0.717) is 12.7 Å². The molecule has 0 bridgehead atoms. The summed E-state index contributed by atoms with van der Waals surface area (Å²) in [6, 6.07) is 18.2. The van der Waals surface area contributed by atoms with E-state index in [1.165, 1.54) is 5.56 Å². The zero-order chi connectivity index (χ0) is 17.7. The minimum atomic E-state index is 0.253. The molecule has 2 aromatic rings. The Morgan fingerprint density at radius 2 is 1.48 bits per heavy atom. The lowest BCUT2D eigenvalue weighted by atomic mass is 9.99. The summed E-state index contributed by atoms with van der Waals surface area (Å²) < 4.78 is 12.0. The molecule has 134 valence electrons. The highest BCUT2D eigenvalue weighted by Gasteiger charge is 2.27. The van der Waals surface area contributed by atoms with Crippen LogP contribution in [0.2, 0.25) is 0 Å². The Bertz CT molecular complexity index is 638. The number of nitrogens with zero attached hydrogens (tertiary/aromatic N) is 1. The summed E-state index contributed by atoms with van der Waals surface area (Å²) in [6.45, 7) is 9.64. The van der Waals surface area contributed by atoms with E-state index in [1.54, 1.807) is 0 Å². The maximum absolute atomic E-state index is 6.15. The molecule has 0 amide bonds. The number of hydrogen-bond acceptors (Lipinski definition) is 3. The molecule has 1 aliphatic rings. The van der Waals surface area contributed by atoms with Gasteiger partial charge in [-0.15, -0.1) is 0 Å². The average molecular weight is 339 g/mol. The van der Waals surface area contributed by atoms with Crippen LogP contribution in [0.4, 0.5) is 0 Å². The summed E-state index contributed by atoms with van der Waals surface area (Å²) in [5.74, 6) is 1.81. The fourth-order valence-electron chi connectivity index (χ4n) is 3.19. The van der Waals surface area contributed by atoms with Gasteiger partial charge in [-0.25, -0.2) is 0 Å². The predicted molar refractivity (Wildman–Crippen MR) is 102 cm³/mol. The lowest BCUT2D eigenvalue weighted by Crippen LogP contribution is -2.48. The Hall–Kier alpha value is -2.00. The van der Waals surface area contributed by atoms with Gasteiger partial charge < -0.3 is 9.47 Å². The molecule has 1 saturated heterocycles. The van der Waals surface area contributed by atoms with Crippen LogP contribution in [0.25, 0.3) is 0 Å². The predicted octanol–water partition coefficient (Wildman–Crippen LogP) is 4.91. The summed E-state index contributed by atoms with van der Waals surface area (Å²) in [5, 5.41) is 0. The quantitative estimate of drug-likeness (QED) is 0.773. The summed E-state index contributed by atoms with van der Waals surface area (Å²) in [6.07, 6.45) is 2.49. The Morgan fingerprint density at radius 3 is 2.08 bits per heavy atom. The van der Waals surface area contributed by atoms with Crippen molar-refractivity contribution in [2.45, 2.75) is 51.9 Å². The van der Waals surface area contributed by atoms with E-state index < -0.39 is 0 Å². The second-order valence-corrected chi connectivity index (χ2v) is 7.72. The van der Waals surface area contributed by atoms with Crippen molar-refractivity contribution in [1.82, 2.24) is 4.90 Å². The molecule has 3 rings (SSSR count). The Balaban J connectivity index is 1.47. The third kappa shape index (κ3) is 5.23. The van der Waals surface area contributed by atoms with Gasteiger partial charge in [0.2, 0.25) is 0 Å². The highest BCUT2D eigenvalue weighted by Crippen LogP contribution is 2.25. The second kappa shape index (κ2) is 7.92.